The van der Waals surface area contributed by atoms with Gasteiger partial charge in [-0.25, -0.2) is 4.98 Å². The molecule has 2 aromatic rings. The summed E-state index contributed by atoms with van der Waals surface area (Å²) < 4.78 is 1.04. The Hall–Kier alpha value is -0.420. The summed E-state index contributed by atoms with van der Waals surface area (Å²) in [7, 11) is 0. The Morgan fingerprint density at radius 1 is 1.38 bits per heavy atom. The van der Waals surface area contributed by atoms with Crippen LogP contribution < -0.4 is 5.32 Å². The smallest absolute Gasteiger partial charge is 0.106 e. The van der Waals surface area contributed by atoms with Crippen molar-refractivity contribution in [3.8, 4) is 0 Å². The summed E-state index contributed by atoms with van der Waals surface area (Å²) >= 11 is 11.2. The molecular formula is C11H10BrClN2S. The first-order valence-electron chi connectivity index (χ1n) is 4.79. The van der Waals surface area contributed by atoms with Crippen LogP contribution in [0, 0.1) is 0 Å². The largest absolute Gasteiger partial charge is 0.306 e. The molecule has 16 heavy (non-hydrogen) atoms. The number of nitrogens with one attached hydrogen (secondary N) is 1. The normalized spacial score (nSPS) is 10.6. The molecule has 0 spiro atoms. The van der Waals surface area contributed by atoms with E-state index < -0.39 is 0 Å². The minimum atomic E-state index is 0.748. The monoisotopic (exact) mass is 316 g/mol. The van der Waals surface area contributed by atoms with E-state index in [1.54, 1.807) is 11.3 Å². The predicted molar refractivity (Wildman–Crippen MR) is 71.8 cm³/mol. The van der Waals surface area contributed by atoms with Crippen LogP contribution in [-0.4, -0.2) is 4.98 Å². The van der Waals surface area contributed by atoms with Gasteiger partial charge in [0.25, 0.3) is 0 Å². The molecule has 0 aliphatic carbocycles. The fourth-order valence-corrected chi connectivity index (χ4v) is 2.50. The van der Waals surface area contributed by atoms with Gasteiger partial charge in [-0.05, 0) is 23.8 Å². The highest BCUT2D eigenvalue weighted by atomic mass is 79.9. The zero-order valence-electron chi connectivity index (χ0n) is 8.41. The first-order chi connectivity index (χ1) is 7.75. The SMILES string of the molecule is Clc1ccc(Br)cc1CNCc1nccs1. The summed E-state index contributed by atoms with van der Waals surface area (Å²) in [6.45, 7) is 1.53. The summed E-state index contributed by atoms with van der Waals surface area (Å²) in [4.78, 5) is 4.20. The van der Waals surface area contributed by atoms with E-state index in [0.717, 1.165) is 33.2 Å². The van der Waals surface area contributed by atoms with E-state index in [1.807, 2.05) is 29.8 Å². The third-order valence-electron chi connectivity index (χ3n) is 2.08. The van der Waals surface area contributed by atoms with Crippen molar-refractivity contribution < 1.29 is 0 Å². The van der Waals surface area contributed by atoms with Gasteiger partial charge in [0.05, 0.1) is 0 Å². The predicted octanol–water partition coefficient (Wildman–Crippen LogP) is 3.85. The molecule has 0 saturated carbocycles. The molecule has 0 unspecified atom stereocenters. The third-order valence-corrected chi connectivity index (χ3v) is 3.72. The number of thiazole rings is 1. The number of hydrogen-bond donors (Lipinski definition) is 1. The van der Waals surface area contributed by atoms with Gasteiger partial charge in [0.2, 0.25) is 0 Å². The molecule has 2 nitrogen and oxygen atoms in total. The Morgan fingerprint density at radius 2 is 2.25 bits per heavy atom. The van der Waals surface area contributed by atoms with Crippen molar-refractivity contribution in [1.82, 2.24) is 10.3 Å². The van der Waals surface area contributed by atoms with Crippen LogP contribution in [0.1, 0.15) is 10.6 Å². The highest BCUT2D eigenvalue weighted by Gasteiger charge is 2.01. The van der Waals surface area contributed by atoms with Crippen LogP contribution in [0.25, 0.3) is 0 Å². The molecule has 0 aliphatic heterocycles. The molecule has 2 rings (SSSR count). The maximum atomic E-state index is 6.08. The van der Waals surface area contributed by atoms with Gasteiger partial charge in [-0.1, -0.05) is 27.5 Å². The number of halogens is 2. The molecule has 0 fully saturated rings. The minimum absolute atomic E-state index is 0.748. The lowest BCUT2D eigenvalue weighted by Crippen LogP contribution is -2.12. The lowest BCUT2D eigenvalue weighted by molar-refractivity contribution is 0.690. The van der Waals surface area contributed by atoms with Crippen LogP contribution in [0.15, 0.2) is 34.2 Å². The molecule has 0 radical (unpaired) electrons. The maximum Gasteiger partial charge on any atom is 0.106 e. The zero-order chi connectivity index (χ0) is 11.4. The average Bonchev–Trinajstić information content (AvgIpc) is 2.76. The van der Waals surface area contributed by atoms with Crippen molar-refractivity contribution >= 4 is 38.9 Å². The van der Waals surface area contributed by atoms with Crippen molar-refractivity contribution in [1.29, 1.82) is 0 Å². The molecule has 0 aliphatic rings. The van der Waals surface area contributed by atoms with Gasteiger partial charge >= 0.3 is 0 Å². The molecule has 0 bridgehead atoms. The Balaban J connectivity index is 1.92. The maximum absolute atomic E-state index is 6.08. The lowest BCUT2D eigenvalue weighted by Gasteiger charge is -2.05. The minimum Gasteiger partial charge on any atom is -0.306 e. The second kappa shape index (κ2) is 5.77. The lowest BCUT2D eigenvalue weighted by atomic mass is 10.2. The summed E-state index contributed by atoms with van der Waals surface area (Å²) in [6.07, 6.45) is 1.81. The summed E-state index contributed by atoms with van der Waals surface area (Å²) in [5, 5.41) is 7.17. The highest BCUT2D eigenvalue weighted by Crippen LogP contribution is 2.20. The molecule has 5 heteroatoms. The van der Waals surface area contributed by atoms with Crippen LogP contribution in [0.5, 0.6) is 0 Å². The van der Waals surface area contributed by atoms with Crippen LogP contribution in [-0.2, 0) is 13.1 Å². The molecule has 0 atom stereocenters. The van der Waals surface area contributed by atoms with Crippen LogP contribution >= 0.6 is 38.9 Å². The van der Waals surface area contributed by atoms with Gasteiger partial charge in [0.15, 0.2) is 0 Å². The second-order valence-corrected chi connectivity index (χ2v) is 5.57. The van der Waals surface area contributed by atoms with Gasteiger partial charge in [-0.2, -0.15) is 0 Å². The molecule has 84 valence electrons. The van der Waals surface area contributed by atoms with E-state index in [1.165, 1.54) is 0 Å². The highest BCUT2D eigenvalue weighted by molar-refractivity contribution is 9.10. The molecule has 1 heterocycles. The summed E-state index contributed by atoms with van der Waals surface area (Å²) in [6, 6.07) is 5.86. The van der Waals surface area contributed by atoms with Crippen molar-refractivity contribution in [2.45, 2.75) is 13.1 Å². The third kappa shape index (κ3) is 3.28. The average molecular weight is 318 g/mol. The Bertz CT molecular complexity index is 459. The topological polar surface area (TPSA) is 24.9 Å². The number of aromatic nitrogens is 1. The van der Waals surface area contributed by atoms with Gasteiger partial charge < -0.3 is 5.32 Å². The van der Waals surface area contributed by atoms with E-state index in [4.69, 9.17) is 11.6 Å². The molecule has 1 aromatic heterocycles. The van der Waals surface area contributed by atoms with Crippen LogP contribution in [0.2, 0.25) is 5.02 Å². The van der Waals surface area contributed by atoms with E-state index in [-0.39, 0.29) is 0 Å². The number of hydrogen-bond acceptors (Lipinski definition) is 3. The standard InChI is InChI=1S/C11H10BrClN2S/c12-9-1-2-10(13)8(5-9)6-14-7-11-15-3-4-16-11/h1-5,14H,6-7H2. The van der Waals surface area contributed by atoms with Gasteiger partial charge in [-0.15, -0.1) is 11.3 Å². The van der Waals surface area contributed by atoms with E-state index in [2.05, 4.69) is 26.2 Å². The molecule has 1 N–H and O–H groups in total. The van der Waals surface area contributed by atoms with Crippen molar-refractivity contribution in [3.05, 3.63) is 49.8 Å². The summed E-state index contributed by atoms with van der Waals surface area (Å²) in [5.41, 5.74) is 1.09. The first kappa shape index (κ1) is 12.0. The second-order valence-electron chi connectivity index (χ2n) is 3.27. The molecule has 0 saturated heterocycles. The van der Waals surface area contributed by atoms with E-state index in [9.17, 15) is 0 Å². The van der Waals surface area contributed by atoms with Crippen LogP contribution in [0.3, 0.4) is 0 Å². The fourth-order valence-electron chi connectivity index (χ4n) is 1.32. The van der Waals surface area contributed by atoms with Crippen molar-refractivity contribution in [3.63, 3.8) is 0 Å². The molecule has 1 aromatic carbocycles. The van der Waals surface area contributed by atoms with Gasteiger partial charge in [0.1, 0.15) is 5.01 Å². The molecular weight excluding hydrogens is 308 g/mol. The number of rotatable bonds is 4. The quantitative estimate of drug-likeness (QED) is 0.926. The zero-order valence-corrected chi connectivity index (χ0v) is 11.6. The summed E-state index contributed by atoms with van der Waals surface area (Å²) in [5.74, 6) is 0. The van der Waals surface area contributed by atoms with Crippen molar-refractivity contribution in [2.75, 3.05) is 0 Å². The van der Waals surface area contributed by atoms with Crippen molar-refractivity contribution in [2.24, 2.45) is 0 Å². The van der Waals surface area contributed by atoms with Gasteiger partial charge in [0, 0.05) is 34.2 Å². The Labute approximate surface area is 112 Å². The van der Waals surface area contributed by atoms with E-state index in [0.29, 0.717) is 0 Å². The van der Waals surface area contributed by atoms with Gasteiger partial charge in [-0.3, -0.25) is 0 Å². The number of benzene rings is 1. The number of nitrogens with zero attached hydrogens (tertiary/aromatic N) is 1. The molecule has 0 amide bonds. The Kier molecular flexibility index (Phi) is 4.35. The fraction of sp³-hybridized carbons (Fsp3) is 0.182. The van der Waals surface area contributed by atoms with E-state index >= 15 is 0 Å². The Morgan fingerprint density at radius 3 is 3.00 bits per heavy atom. The first-order valence-corrected chi connectivity index (χ1v) is 6.84. The van der Waals surface area contributed by atoms with Crippen LogP contribution in [0.4, 0.5) is 0 Å².